The van der Waals surface area contributed by atoms with Crippen LogP contribution in [0.1, 0.15) is 136 Å². The van der Waals surface area contributed by atoms with E-state index in [0.717, 1.165) is 19.3 Å². The van der Waals surface area contributed by atoms with Crippen LogP contribution in [0.2, 0.25) is 0 Å². The predicted octanol–water partition coefficient (Wildman–Crippen LogP) is 7.99. The number of rotatable bonds is 22. The van der Waals surface area contributed by atoms with Crippen molar-refractivity contribution < 1.29 is 19.4 Å². The maximum absolute atomic E-state index is 11.7. The lowest BCUT2D eigenvalue weighted by atomic mass is 10.1. The highest BCUT2D eigenvalue weighted by Crippen LogP contribution is 2.13. The minimum atomic E-state index is -0.918. The smallest absolute Gasteiger partial charge is 0.307 e. The summed E-state index contributed by atoms with van der Waals surface area (Å²) in [6.45, 7) is 4.11. The molecule has 0 aromatic heterocycles. The standard InChI is InChI=1S/C26H48O4/c1-3-5-6-7-8-9-10-11-12-13-14-15-16-17-18-19-20-21-22-26(29)30-24(4-2)23-25(27)28/h12-13,24H,3-11,14-23H2,1-2H3,(H,27,28)/b13-12-. The molecule has 0 spiro atoms. The Balaban J connectivity index is 3.34. The van der Waals surface area contributed by atoms with Gasteiger partial charge in [0.2, 0.25) is 0 Å². The topological polar surface area (TPSA) is 63.6 Å². The number of allylic oxidation sites excluding steroid dienone is 2. The third-order valence-corrected chi connectivity index (χ3v) is 5.55. The van der Waals surface area contributed by atoms with Crippen molar-refractivity contribution in [1.82, 2.24) is 0 Å². The van der Waals surface area contributed by atoms with Crippen LogP contribution in [0, 0.1) is 0 Å². The first-order valence-electron chi connectivity index (χ1n) is 12.7. The van der Waals surface area contributed by atoms with Crippen LogP contribution in [0.5, 0.6) is 0 Å². The molecule has 0 aliphatic heterocycles. The molecule has 30 heavy (non-hydrogen) atoms. The normalized spacial score (nSPS) is 12.3. The van der Waals surface area contributed by atoms with Gasteiger partial charge < -0.3 is 9.84 Å². The Morgan fingerprint density at radius 3 is 1.67 bits per heavy atom. The van der Waals surface area contributed by atoms with Gasteiger partial charge in [-0.2, -0.15) is 0 Å². The molecule has 4 heteroatoms. The highest BCUT2D eigenvalue weighted by atomic mass is 16.5. The summed E-state index contributed by atoms with van der Waals surface area (Å²) in [5, 5.41) is 8.77. The highest BCUT2D eigenvalue weighted by molar-refractivity contribution is 5.71. The summed E-state index contributed by atoms with van der Waals surface area (Å²) in [5.74, 6) is -1.18. The number of unbranched alkanes of at least 4 members (excludes halogenated alkanes) is 14. The summed E-state index contributed by atoms with van der Waals surface area (Å²) in [7, 11) is 0. The summed E-state index contributed by atoms with van der Waals surface area (Å²) in [6.07, 6.45) is 25.3. The molecule has 0 aromatic rings. The molecule has 1 unspecified atom stereocenters. The van der Waals surface area contributed by atoms with E-state index in [2.05, 4.69) is 19.1 Å². The fourth-order valence-electron chi connectivity index (χ4n) is 3.58. The molecule has 0 radical (unpaired) electrons. The Bertz CT molecular complexity index is 431. The van der Waals surface area contributed by atoms with Gasteiger partial charge in [0.15, 0.2) is 0 Å². The molecule has 0 fully saturated rings. The third kappa shape index (κ3) is 21.4. The minimum Gasteiger partial charge on any atom is -0.481 e. The molecule has 0 heterocycles. The molecule has 0 rings (SSSR count). The van der Waals surface area contributed by atoms with Crippen molar-refractivity contribution in [2.75, 3.05) is 0 Å². The van der Waals surface area contributed by atoms with Gasteiger partial charge in [0, 0.05) is 6.42 Å². The first-order chi connectivity index (χ1) is 14.6. The molecule has 0 amide bonds. The molecule has 0 saturated heterocycles. The van der Waals surface area contributed by atoms with Crippen molar-refractivity contribution in [3.05, 3.63) is 12.2 Å². The monoisotopic (exact) mass is 424 g/mol. The van der Waals surface area contributed by atoms with Crippen LogP contribution < -0.4 is 0 Å². The number of aliphatic carboxylic acids is 1. The molecular formula is C26H48O4. The van der Waals surface area contributed by atoms with Gasteiger partial charge in [-0.3, -0.25) is 9.59 Å². The van der Waals surface area contributed by atoms with E-state index in [-0.39, 0.29) is 12.4 Å². The lowest BCUT2D eigenvalue weighted by Crippen LogP contribution is -2.20. The van der Waals surface area contributed by atoms with E-state index < -0.39 is 12.1 Å². The lowest BCUT2D eigenvalue weighted by molar-refractivity contribution is -0.153. The van der Waals surface area contributed by atoms with Crippen molar-refractivity contribution >= 4 is 11.9 Å². The van der Waals surface area contributed by atoms with Crippen LogP contribution in [-0.2, 0) is 14.3 Å². The SMILES string of the molecule is CCCCCCCCC/C=C\CCCCCCCCCC(=O)OC(CC)CC(=O)O. The van der Waals surface area contributed by atoms with Crippen LogP contribution in [0.4, 0.5) is 0 Å². The van der Waals surface area contributed by atoms with Crippen LogP contribution in [0.15, 0.2) is 12.2 Å². The first kappa shape index (κ1) is 28.7. The summed E-state index contributed by atoms with van der Waals surface area (Å²) < 4.78 is 5.22. The van der Waals surface area contributed by atoms with Crippen LogP contribution in [0.3, 0.4) is 0 Å². The van der Waals surface area contributed by atoms with Crippen LogP contribution in [-0.4, -0.2) is 23.1 Å². The zero-order chi connectivity index (χ0) is 22.3. The average Bonchev–Trinajstić information content (AvgIpc) is 2.72. The largest absolute Gasteiger partial charge is 0.481 e. The van der Waals surface area contributed by atoms with E-state index in [4.69, 9.17) is 9.84 Å². The van der Waals surface area contributed by atoms with Gasteiger partial charge >= 0.3 is 11.9 Å². The maximum atomic E-state index is 11.7. The zero-order valence-corrected chi connectivity index (χ0v) is 19.8. The number of carboxylic acids is 1. The number of carboxylic acid groups (broad SMARTS) is 1. The summed E-state index contributed by atoms with van der Waals surface area (Å²) in [4.78, 5) is 22.4. The summed E-state index contributed by atoms with van der Waals surface area (Å²) in [6, 6.07) is 0. The van der Waals surface area contributed by atoms with Crippen LogP contribution >= 0.6 is 0 Å². The maximum Gasteiger partial charge on any atom is 0.307 e. The van der Waals surface area contributed by atoms with Crippen molar-refractivity contribution in [3.63, 3.8) is 0 Å². The molecule has 0 aliphatic carbocycles. The van der Waals surface area contributed by atoms with Gasteiger partial charge in [-0.1, -0.05) is 96.6 Å². The number of esters is 1. The Labute approximate surface area is 185 Å². The molecule has 0 aromatic carbocycles. The molecule has 176 valence electrons. The molecule has 4 nitrogen and oxygen atoms in total. The number of carbonyl (C=O) groups excluding carboxylic acids is 1. The fraction of sp³-hybridized carbons (Fsp3) is 0.846. The predicted molar refractivity (Wildman–Crippen MR) is 126 cm³/mol. The van der Waals surface area contributed by atoms with Gasteiger partial charge in [0.25, 0.3) is 0 Å². The molecule has 0 saturated carbocycles. The molecule has 1 atom stereocenters. The Hall–Kier alpha value is -1.32. The molecule has 1 N–H and O–H groups in total. The Morgan fingerprint density at radius 2 is 1.20 bits per heavy atom. The van der Waals surface area contributed by atoms with Crippen molar-refractivity contribution in [1.29, 1.82) is 0 Å². The first-order valence-corrected chi connectivity index (χ1v) is 12.7. The van der Waals surface area contributed by atoms with Crippen molar-refractivity contribution in [3.8, 4) is 0 Å². The third-order valence-electron chi connectivity index (χ3n) is 5.55. The molecular weight excluding hydrogens is 376 g/mol. The second-order valence-electron chi connectivity index (χ2n) is 8.51. The summed E-state index contributed by atoms with van der Waals surface area (Å²) >= 11 is 0. The van der Waals surface area contributed by atoms with Gasteiger partial charge in [0.1, 0.15) is 6.10 Å². The van der Waals surface area contributed by atoms with Crippen molar-refractivity contribution in [2.24, 2.45) is 0 Å². The van der Waals surface area contributed by atoms with E-state index in [1.54, 1.807) is 0 Å². The number of hydrogen-bond acceptors (Lipinski definition) is 3. The van der Waals surface area contributed by atoms with Gasteiger partial charge in [-0.05, 0) is 38.5 Å². The number of ether oxygens (including phenoxy) is 1. The zero-order valence-electron chi connectivity index (χ0n) is 19.8. The Kier molecular flexibility index (Phi) is 21.4. The van der Waals surface area contributed by atoms with E-state index in [0.29, 0.717) is 12.8 Å². The number of hydrogen-bond donors (Lipinski definition) is 1. The molecule has 0 bridgehead atoms. The van der Waals surface area contributed by atoms with E-state index in [9.17, 15) is 9.59 Å². The highest BCUT2D eigenvalue weighted by Gasteiger charge is 2.15. The van der Waals surface area contributed by atoms with Crippen molar-refractivity contribution in [2.45, 2.75) is 142 Å². The van der Waals surface area contributed by atoms with Gasteiger partial charge in [-0.15, -0.1) is 0 Å². The van der Waals surface area contributed by atoms with Gasteiger partial charge in [0.05, 0.1) is 6.42 Å². The summed E-state index contributed by atoms with van der Waals surface area (Å²) in [5.41, 5.74) is 0. The van der Waals surface area contributed by atoms with E-state index in [1.165, 1.54) is 83.5 Å². The lowest BCUT2D eigenvalue weighted by Gasteiger charge is -2.13. The quantitative estimate of drug-likeness (QED) is 0.109. The van der Waals surface area contributed by atoms with Gasteiger partial charge in [-0.25, -0.2) is 0 Å². The molecule has 0 aliphatic rings. The second kappa shape index (κ2) is 22.4. The fourth-order valence-corrected chi connectivity index (χ4v) is 3.58. The average molecular weight is 425 g/mol. The second-order valence-corrected chi connectivity index (χ2v) is 8.51. The van der Waals surface area contributed by atoms with E-state index >= 15 is 0 Å². The Morgan fingerprint density at radius 1 is 0.733 bits per heavy atom. The minimum absolute atomic E-state index is 0.101. The number of carbonyl (C=O) groups is 2. The van der Waals surface area contributed by atoms with E-state index in [1.807, 2.05) is 6.92 Å². The van der Waals surface area contributed by atoms with Crippen LogP contribution in [0.25, 0.3) is 0 Å².